The Balaban J connectivity index is 4.35. The van der Waals surface area contributed by atoms with Crippen molar-refractivity contribution >= 4 is 17.9 Å². The second-order valence-electron chi connectivity index (χ2n) is 17.4. The van der Waals surface area contributed by atoms with E-state index in [0.29, 0.717) is 19.3 Å². The molecule has 0 amide bonds. The van der Waals surface area contributed by atoms with Gasteiger partial charge < -0.3 is 23.8 Å². The van der Waals surface area contributed by atoms with Crippen molar-refractivity contribution in [1.29, 1.82) is 0 Å². The Hall–Kier alpha value is -3.23. The number of hydrogen-bond acceptors (Lipinski definition) is 6. The van der Waals surface area contributed by atoms with E-state index in [0.717, 1.165) is 96.3 Å². The zero-order valence-corrected chi connectivity index (χ0v) is 39.8. The molecule has 0 aliphatic rings. The van der Waals surface area contributed by atoms with Gasteiger partial charge in [0.1, 0.15) is 6.61 Å². The molecule has 61 heavy (non-hydrogen) atoms. The molecule has 0 aromatic carbocycles. The van der Waals surface area contributed by atoms with E-state index in [4.69, 9.17) is 14.2 Å². The van der Waals surface area contributed by atoms with Crippen LogP contribution in [0.1, 0.15) is 194 Å². The van der Waals surface area contributed by atoms with Crippen LogP contribution in [0.3, 0.4) is 0 Å². The Morgan fingerprint density at radius 1 is 0.525 bits per heavy atom. The lowest BCUT2D eigenvalue weighted by molar-refractivity contribution is -0.887. The van der Waals surface area contributed by atoms with Crippen LogP contribution in [0.4, 0.5) is 0 Å². The normalized spacial score (nSPS) is 13.5. The van der Waals surface area contributed by atoms with Gasteiger partial charge in [0.2, 0.25) is 0 Å². The molecule has 0 spiro atoms. The number of aliphatic carboxylic acids is 1. The highest BCUT2D eigenvalue weighted by atomic mass is 16.6. The van der Waals surface area contributed by atoms with Crippen LogP contribution >= 0.6 is 0 Å². The summed E-state index contributed by atoms with van der Waals surface area (Å²) in [5.41, 5.74) is 0. The van der Waals surface area contributed by atoms with Crippen LogP contribution in [-0.2, 0) is 28.6 Å². The number of allylic oxidation sites excluding steroid dienone is 12. The summed E-state index contributed by atoms with van der Waals surface area (Å²) in [6.07, 6.45) is 55.1. The van der Waals surface area contributed by atoms with Gasteiger partial charge in [-0.2, -0.15) is 0 Å². The molecular weight excluding hydrogens is 763 g/mol. The number of unbranched alkanes of at least 4 members (excludes halogenated alkanes) is 18. The number of ether oxygens (including phenoxy) is 3. The van der Waals surface area contributed by atoms with Crippen LogP contribution in [0, 0.1) is 0 Å². The predicted octanol–water partition coefficient (Wildman–Crippen LogP) is 13.9. The SMILES string of the molecule is CC/C=C/C/C=C/C/C=C/C/C=C/CCCCCCCCC(=O)OCC(COCCC(C(=O)O)[N+](C)(C)C)OC(=O)CCCCCCC/C=C/C=C/CCCCCCCCC. The summed E-state index contributed by atoms with van der Waals surface area (Å²) in [5, 5.41) is 9.64. The minimum atomic E-state index is -0.882. The lowest BCUT2D eigenvalue weighted by atomic mass is 10.1. The summed E-state index contributed by atoms with van der Waals surface area (Å²) in [7, 11) is 5.52. The van der Waals surface area contributed by atoms with E-state index in [1.807, 2.05) is 21.1 Å². The summed E-state index contributed by atoms with van der Waals surface area (Å²) in [4.78, 5) is 37.1. The monoisotopic (exact) mass is 855 g/mol. The van der Waals surface area contributed by atoms with E-state index in [-0.39, 0.29) is 36.2 Å². The molecule has 0 fully saturated rings. The summed E-state index contributed by atoms with van der Waals surface area (Å²) in [5.74, 6) is -1.51. The number of carbonyl (C=O) groups excluding carboxylic acids is 2. The van der Waals surface area contributed by atoms with Gasteiger partial charge in [0.15, 0.2) is 12.1 Å². The van der Waals surface area contributed by atoms with E-state index in [1.165, 1.54) is 64.2 Å². The Labute approximate surface area is 374 Å². The van der Waals surface area contributed by atoms with Crippen molar-refractivity contribution in [1.82, 2.24) is 0 Å². The first kappa shape index (κ1) is 57.8. The lowest BCUT2D eigenvalue weighted by Gasteiger charge is -2.31. The molecule has 2 unspecified atom stereocenters. The first-order valence-electron chi connectivity index (χ1n) is 24.5. The number of likely N-dealkylation sites (N-methyl/N-ethyl adjacent to an activating group) is 1. The second-order valence-corrected chi connectivity index (χ2v) is 17.4. The minimum absolute atomic E-state index is 0.0469. The predicted molar refractivity (Wildman–Crippen MR) is 257 cm³/mol. The molecule has 350 valence electrons. The van der Waals surface area contributed by atoms with Gasteiger partial charge in [0, 0.05) is 19.3 Å². The molecule has 1 N–H and O–H groups in total. The number of esters is 2. The van der Waals surface area contributed by atoms with Crippen LogP contribution < -0.4 is 0 Å². The summed E-state index contributed by atoms with van der Waals surface area (Å²) in [6, 6.07) is -0.623. The van der Waals surface area contributed by atoms with Gasteiger partial charge in [-0.25, -0.2) is 4.79 Å². The van der Waals surface area contributed by atoms with Crippen LogP contribution in [0.15, 0.2) is 72.9 Å². The van der Waals surface area contributed by atoms with Crippen molar-refractivity contribution in [2.24, 2.45) is 0 Å². The van der Waals surface area contributed by atoms with Crippen LogP contribution in [0.25, 0.3) is 0 Å². The highest BCUT2D eigenvalue weighted by molar-refractivity contribution is 5.72. The third-order valence-corrected chi connectivity index (χ3v) is 10.6. The largest absolute Gasteiger partial charge is 0.477 e. The highest BCUT2D eigenvalue weighted by Gasteiger charge is 2.31. The molecule has 0 aromatic rings. The molecule has 0 saturated heterocycles. The van der Waals surface area contributed by atoms with Crippen molar-refractivity contribution in [2.45, 2.75) is 206 Å². The average Bonchev–Trinajstić information content (AvgIpc) is 3.22. The number of carboxylic acid groups (broad SMARTS) is 1. The van der Waals surface area contributed by atoms with E-state index in [1.54, 1.807) is 0 Å². The molecular formula is C53H92NO7+. The van der Waals surface area contributed by atoms with Crippen molar-refractivity contribution in [2.75, 3.05) is 41.0 Å². The highest BCUT2D eigenvalue weighted by Crippen LogP contribution is 2.14. The minimum Gasteiger partial charge on any atom is -0.477 e. The van der Waals surface area contributed by atoms with Crippen molar-refractivity contribution in [3.8, 4) is 0 Å². The zero-order chi connectivity index (χ0) is 44.9. The van der Waals surface area contributed by atoms with E-state index in [2.05, 4.69) is 86.8 Å². The molecule has 2 atom stereocenters. The fourth-order valence-electron chi connectivity index (χ4n) is 6.84. The van der Waals surface area contributed by atoms with E-state index < -0.39 is 18.1 Å². The molecule has 0 heterocycles. The van der Waals surface area contributed by atoms with Crippen molar-refractivity contribution < 1.29 is 38.2 Å². The Morgan fingerprint density at radius 2 is 0.967 bits per heavy atom. The Morgan fingerprint density at radius 3 is 1.46 bits per heavy atom. The lowest BCUT2D eigenvalue weighted by Crippen LogP contribution is -2.50. The van der Waals surface area contributed by atoms with Crippen LogP contribution in [0.2, 0.25) is 0 Å². The van der Waals surface area contributed by atoms with Crippen LogP contribution in [0.5, 0.6) is 0 Å². The molecule has 0 bridgehead atoms. The van der Waals surface area contributed by atoms with E-state index in [9.17, 15) is 19.5 Å². The van der Waals surface area contributed by atoms with Crippen LogP contribution in [-0.4, -0.2) is 80.6 Å². The van der Waals surface area contributed by atoms with Gasteiger partial charge in [-0.3, -0.25) is 9.59 Å². The average molecular weight is 855 g/mol. The Bertz CT molecular complexity index is 1230. The topological polar surface area (TPSA) is 99.1 Å². The maximum absolute atomic E-state index is 12.8. The second kappa shape index (κ2) is 43.4. The molecule has 8 heteroatoms. The number of nitrogens with zero attached hydrogens (tertiary/aromatic N) is 1. The first-order valence-corrected chi connectivity index (χ1v) is 24.5. The number of quaternary nitrogens is 1. The summed E-state index contributed by atoms with van der Waals surface area (Å²) < 4.78 is 17.3. The number of carbonyl (C=O) groups is 3. The van der Waals surface area contributed by atoms with Crippen molar-refractivity contribution in [3.05, 3.63) is 72.9 Å². The number of carboxylic acids is 1. The molecule has 0 radical (unpaired) electrons. The zero-order valence-electron chi connectivity index (χ0n) is 39.8. The molecule has 0 aliphatic carbocycles. The van der Waals surface area contributed by atoms with Gasteiger partial charge >= 0.3 is 17.9 Å². The van der Waals surface area contributed by atoms with Gasteiger partial charge in [-0.15, -0.1) is 0 Å². The maximum atomic E-state index is 12.8. The Kier molecular flexibility index (Phi) is 41.1. The smallest absolute Gasteiger partial charge is 0.362 e. The quantitative estimate of drug-likeness (QED) is 0.0214. The summed E-state index contributed by atoms with van der Waals surface area (Å²) in [6.45, 7) is 4.59. The summed E-state index contributed by atoms with van der Waals surface area (Å²) >= 11 is 0. The first-order chi connectivity index (χ1) is 29.6. The third-order valence-electron chi connectivity index (χ3n) is 10.6. The molecule has 0 aromatic heterocycles. The molecule has 0 aliphatic heterocycles. The molecule has 0 rings (SSSR count). The number of hydrogen-bond donors (Lipinski definition) is 1. The molecule has 8 nitrogen and oxygen atoms in total. The van der Waals surface area contributed by atoms with Gasteiger partial charge in [-0.05, 0) is 77.0 Å². The molecule has 0 saturated carbocycles. The number of rotatable bonds is 43. The van der Waals surface area contributed by atoms with Gasteiger partial charge in [0.05, 0.1) is 34.4 Å². The maximum Gasteiger partial charge on any atom is 0.362 e. The van der Waals surface area contributed by atoms with Gasteiger partial charge in [-0.1, -0.05) is 170 Å². The standard InChI is InChI=1S/C53H91NO7/c1-6-8-10-12-14-16-18-20-22-24-26-28-29-31-33-35-37-39-41-43-51(55)60-48-49(47-59-46-45-50(53(57)58)54(3,4)5)61-52(56)44-42-40-38-36-34-32-30-27-25-23-21-19-17-15-13-11-9-7-2/h8,10,14,16,20,22-23,25-28,30,49-50H,6-7,9,11-13,15,17-19,21,24,29,31-48H2,1-5H3/p+1/b10-8+,16-14+,22-20+,25-23+,28-26+,30-27+. The van der Waals surface area contributed by atoms with Crippen molar-refractivity contribution in [3.63, 3.8) is 0 Å². The fourth-order valence-corrected chi connectivity index (χ4v) is 6.84. The van der Waals surface area contributed by atoms with Gasteiger partial charge in [0.25, 0.3) is 0 Å². The fraction of sp³-hybridized carbons (Fsp3) is 0.717. The van der Waals surface area contributed by atoms with E-state index >= 15 is 0 Å². The third kappa shape index (κ3) is 41.9.